The molecule has 0 fully saturated rings. The molecule has 0 aliphatic carbocycles. The normalized spacial score (nSPS) is 15.8. The number of nitrogens with one attached hydrogen (secondary N) is 1. The topological polar surface area (TPSA) is 58.2 Å². The number of carbonyl (C=O) groups is 1. The van der Waals surface area contributed by atoms with Crippen LogP contribution in [0.1, 0.15) is 47.4 Å². The number of aromatic amines is 1. The van der Waals surface area contributed by atoms with E-state index in [0.717, 1.165) is 41.0 Å². The summed E-state index contributed by atoms with van der Waals surface area (Å²) in [6.07, 6.45) is 1.97. The number of ether oxygens (including phenoxy) is 1. The molecule has 1 aromatic heterocycles. The van der Waals surface area contributed by atoms with Crippen LogP contribution in [0.4, 0.5) is 0 Å². The molecule has 3 aromatic rings. The molecule has 1 aliphatic rings. The number of nitrogens with zero attached hydrogens (tertiary/aromatic N) is 2. The van der Waals surface area contributed by atoms with Crippen molar-refractivity contribution in [2.24, 2.45) is 0 Å². The summed E-state index contributed by atoms with van der Waals surface area (Å²) in [5.74, 6) is 0.788. The Hall–Kier alpha value is -2.79. The number of hydrogen-bond donors (Lipinski definition) is 1. The molecule has 0 saturated carbocycles. The number of halogens is 1. The summed E-state index contributed by atoms with van der Waals surface area (Å²) in [6, 6.07) is 15.3. The van der Waals surface area contributed by atoms with Gasteiger partial charge in [-0.15, -0.1) is 0 Å². The molecule has 0 spiro atoms. The lowest BCUT2D eigenvalue weighted by Crippen LogP contribution is -2.30. The van der Waals surface area contributed by atoms with Crippen molar-refractivity contribution in [1.82, 2.24) is 15.1 Å². The minimum absolute atomic E-state index is 0.00279. The predicted octanol–water partition coefficient (Wildman–Crippen LogP) is 5.08. The van der Waals surface area contributed by atoms with Crippen molar-refractivity contribution in [2.45, 2.75) is 25.8 Å². The Morgan fingerprint density at radius 3 is 2.50 bits per heavy atom. The number of rotatable bonds is 6. The van der Waals surface area contributed by atoms with Crippen molar-refractivity contribution in [3.05, 3.63) is 70.4 Å². The Morgan fingerprint density at radius 2 is 1.86 bits per heavy atom. The van der Waals surface area contributed by atoms with Gasteiger partial charge in [-0.05, 0) is 36.2 Å². The summed E-state index contributed by atoms with van der Waals surface area (Å²) in [5, 5.41) is 8.12. The molecule has 1 aliphatic heterocycles. The van der Waals surface area contributed by atoms with Gasteiger partial charge >= 0.3 is 0 Å². The highest BCUT2D eigenvalue weighted by Crippen LogP contribution is 2.43. The lowest BCUT2D eigenvalue weighted by Gasteiger charge is -2.26. The number of amides is 1. The Bertz CT molecular complexity index is 980. The smallest absolute Gasteiger partial charge is 0.273 e. The zero-order valence-corrected chi connectivity index (χ0v) is 16.7. The second-order valence-corrected chi connectivity index (χ2v) is 7.33. The molecule has 4 rings (SSSR count). The number of carbonyl (C=O) groups excluding carboxylic acids is 1. The first kappa shape index (κ1) is 18.6. The van der Waals surface area contributed by atoms with Crippen LogP contribution < -0.4 is 4.74 Å². The SMILES string of the molecule is CCCCN1C(=O)c2[nH]nc(-c3ccc(Cl)cc3)c2C1c1ccc(OC)cc1. The van der Waals surface area contributed by atoms with E-state index in [9.17, 15) is 4.79 Å². The lowest BCUT2D eigenvalue weighted by atomic mass is 9.96. The van der Waals surface area contributed by atoms with Gasteiger partial charge in [0.1, 0.15) is 11.4 Å². The van der Waals surface area contributed by atoms with E-state index in [1.807, 2.05) is 53.4 Å². The number of aromatic nitrogens is 2. The standard InChI is InChI=1S/C22H22ClN3O2/c1-3-4-13-26-21(15-7-11-17(28-2)12-8-15)18-19(24-25-20(18)22(26)27)14-5-9-16(23)10-6-14/h5-12,21H,3-4,13H2,1-2H3,(H,24,25). The molecule has 2 heterocycles. The number of hydrogen-bond acceptors (Lipinski definition) is 3. The third-order valence-corrected chi connectivity index (χ3v) is 5.42. The van der Waals surface area contributed by atoms with Crippen molar-refractivity contribution in [2.75, 3.05) is 13.7 Å². The van der Waals surface area contributed by atoms with E-state index in [1.165, 1.54) is 0 Å². The van der Waals surface area contributed by atoms with E-state index in [0.29, 0.717) is 17.3 Å². The molecule has 0 bridgehead atoms. The second-order valence-electron chi connectivity index (χ2n) is 6.90. The molecular formula is C22H22ClN3O2. The highest BCUT2D eigenvalue weighted by molar-refractivity contribution is 6.30. The van der Waals surface area contributed by atoms with Gasteiger partial charge in [0.15, 0.2) is 0 Å². The van der Waals surface area contributed by atoms with Crippen LogP contribution in [0.2, 0.25) is 5.02 Å². The Balaban J connectivity index is 1.83. The Kier molecular flexibility index (Phi) is 5.09. The summed E-state index contributed by atoms with van der Waals surface area (Å²) < 4.78 is 5.29. The van der Waals surface area contributed by atoms with Crippen LogP contribution in [0.5, 0.6) is 5.75 Å². The average Bonchev–Trinajstić information content (AvgIpc) is 3.26. The molecular weight excluding hydrogens is 374 g/mol. The number of methoxy groups -OCH3 is 1. The summed E-state index contributed by atoms with van der Waals surface area (Å²) in [5.41, 5.74) is 4.27. The van der Waals surface area contributed by atoms with Gasteiger partial charge in [0.25, 0.3) is 5.91 Å². The van der Waals surface area contributed by atoms with E-state index in [-0.39, 0.29) is 11.9 Å². The highest BCUT2D eigenvalue weighted by Gasteiger charge is 2.41. The van der Waals surface area contributed by atoms with E-state index in [2.05, 4.69) is 17.1 Å². The van der Waals surface area contributed by atoms with Crippen LogP contribution in [0.25, 0.3) is 11.3 Å². The first-order valence-corrected chi connectivity index (χ1v) is 9.81. The molecule has 1 amide bonds. The number of H-pyrrole nitrogens is 1. The predicted molar refractivity (Wildman–Crippen MR) is 110 cm³/mol. The quantitative estimate of drug-likeness (QED) is 0.632. The van der Waals surface area contributed by atoms with E-state index >= 15 is 0 Å². The lowest BCUT2D eigenvalue weighted by molar-refractivity contribution is 0.0741. The monoisotopic (exact) mass is 395 g/mol. The van der Waals surface area contributed by atoms with Gasteiger partial charge in [-0.25, -0.2) is 0 Å². The first-order chi connectivity index (χ1) is 13.6. The van der Waals surface area contributed by atoms with E-state index in [4.69, 9.17) is 16.3 Å². The van der Waals surface area contributed by atoms with Gasteiger partial charge in [0, 0.05) is 22.7 Å². The van der Waals surface area contributed by atoms with Gasteiger partial charge in [-0.1, -0.05) is 49.2 Å². The average molecular weight is 396 g/mol. The maximum absolute atomic E-state index is 13.1. The largest absolute Gasteiger partial charge is 0.497 e. The molecule has 1 unspecified atom stereocenters. The number of benzene rings is 2. The van der Waals surface area contributed by atoms with Gasteiger partial charge < -0.3 is 9.64 Å². The molecule has 6 heteroatoms. The van der Waals surface area contributed by atoms with Crippen molar-refractivity contribution >= 4 is 17.5 Å². The number of unbranched alkanes of at least 4 members (excludes halogenated alkanes) is 1. The molecule has 28 heavy (non-hydrogen) atoms. The minimum atomic E-state index is -0.176. The van der Waals surface area contributed by atoms with Crippen LogP contribution in [0.3, 0.4) is 0 Å². The maximum Gasteiger partial charge on any atom is 0.273 e. The molecule has 5 nitrogen and oxygen atoms in total. The minimum Gasteiger partial charge on any atom is -0.497 e. The van der Waals surface area contributed by atoms with E-state index in [1.54, 1.807) is 7.11 Å². The second kappa shape index (κ2) is 7.68. The van der Waals surface area contributed by atoms with Crippen molar-refractivity contribution in [3.63, 3.8) is 0 Å². The highest BCUT2D eigenvalue weighted by atomic mass is 35.5. The van der Waals surface area contributed by atoms with Crippen LogP contribution in [0, 0.1) is 0 Å². The van der Waals surface area contributed by atoms with Gasteiger partial charge in [0.2, 0.25) is 0 Å². The van der Waals surface area contributed by atoms with Crippen LogP contribution in [0.15, 0.2) is 48.5 Å². The van der Waals surface area contributed by atoms with Crippen LogP contribution >= 0.6 is 11.6 Å². The van der Waals surface area contributed by atoms with Crippen molar-refractivity contribution in [3.8, 4) is 17.0 Å². The number of fused-ring (bicyclic) bond motifs is 1. The van der Waals surface area contributed by atoms with Gasteiger partial charge in [0.05, 0.1) is 18.8 Å². The van der Waals surface area contributed by atoms with Gasteiger partial charge in [-0.2, -0.15) is 5.10 Å². The molecule has 0 radical (unpaired) electrons. The third kappa shape index (κ3) is 3.16. The van der Waals surface area contributed by atoms with E-state index < -0.39 is 0 Å². The molecule has 0 saturated heterocycles. The molecule has 1 N–H and O–H groups in total. The zero-order valence-electron chi connectivity index (χ0n) is 15.9. The molecule has 2 aromatic carbocycles. The fourth-order valence-electron chi connectivity index (χ4n) is 3.72. The van der Waals surface area contributed by atoms with Crippen LogP contribution in [-0.4, -0.2) is 34.7 Å². The maximum atomic E-state index is 13.1. The Morgan fingerprint density at radius 1 is 1.14 bits per heavy atom. The fraction of sp³-hybridized carbons (Fsp3) is 0.273. The molecule has 1 atom stereocenters. The first-order valence-electron chi connectivity index (χ1n) is 9.43. The van der Waals surface area contributed by atoms with Crippen molar-refractivity contribution in [1.29, 1.82) is 0 Å². The third-order valence-electron chi connectivity index (χ3n) is 5.17. The fourth-order valence-corrected chi connectivity index (χ4v) is 3.84. The van der Waals surface area contributed by atoms with Crippen molar-refractivity contribution < 1.29 is 9.53 Å². The van der Waals surface area contributed by atoms with Gasteiger partial charge in [-0.3, -0.25) is 9.89 Å². The Labute approximate surface area is 169 Å². The summed E-state index contributed by atoms with van der Waals surface area (Å²) in [4.78, 5) is 15.1. The summed E-state index contributed by atoms with van der Waals surface area (Å²) >= 11 is 6.04. The summed E-state index contributed by atoms with van der Waals surface area (Å²) in [6.45, 7) is 2.83. The zero-order chi connectivity index (χ0) is 19.7. The molecule has 144 valence electrons. The van der Waals surface area contributed by atoms with Crippen LogP contribution in [-0.2, 0) is 0 Å². The summed E-state index contributed by atoms with van der Waals surface area (Å²) in [7, 11) is 1.65.